The number of methoxy groups -OCH3 is 1. The zero-order chi connectivity index (χ0) is 25.9. The topological polar surface area (TPSA) is 122 Å². The minimum Gasteiger partial charge on any atom is -0.467 e. The van der Waals surface area contributed by atoms with E-state index in [4.69, 9.17) is 4.74 Å². The van der Waals surface area contributed by atoms with Gasteiger partial charge in [0.1, 0.15) is 6.04 Å². The molecule has 3 N–H and O–H groups in total. The summed E-state index contributed by atoms with van der Waals surface area (Å²) in [5.41, 5.74) is 0.867. The Balaban J connectivity index is 1.74. The maximum Gasteiger partial charge on any atom is 0.328 e. The molecule has 4 atom stereocenters. The summed E-state index contributed by atoms with van der Waals surface area (Å²) >= 11 is 0. The zero-order valence-electron chi connectivity index (χ0n) is 19.7. The molecule has 0 aliphatic heterocycles. The van der Waals surface area contributed by atoms with Crippen LogP contribution in [0, 0.1) is 0 Å². The van der Waals surface area contributed by atoms with E-state index in [-0.39, 0.29) is 12.2 Å². The molecule has 0 saturated heterocycles. The first-order valence-electron chi connectivity index (χ1n) is 11.3. The van der Waals surface area contributed by atoms with Crippen LogP contribution in [0.15, 0.2) is 95.9 Å². The van der Waals surface area contributed by atoms with Crippen LogP contribution in [0.5, 0.6) is 0 Å². The van der Waals surface area contributed by atoms with Crippen molar-refractivity contribution in [2.45, 2.75) is 29.5 Å². The van der Waals surface area contributed by atoms with Gasteiger partial charge in [-0.3, -0.25) is 13.8 Å². The molecule has 8 nitrogen and oxygen atoms in total. The van der Waals surface area contributed by atoms with Gasteiger partial charge in [-0.05, 0) is 36.2 Å². The average Bonchev–Trinajstić information content (AvgIpc) is 2.94. The van der Waals surface area contributed by atoms with Gasteiger partial charge in [0.2, 0.25) is 0 Å². The molecule has 0 unspecified atom stereocenters. The summed E-state index contributed by atoms with van der Waals surface area (Å²) in [6, 6.07) is 23.5. The van der Waals surface area contributed by atoms with Crippen LogP contribution in [0.4, 0.5) is 0 Å². The van der Waals surface area contributed by atoms with E-state index in [1.807, 2.05) is 0 Å². The zero-order valence-corrected chi connectivity index (χ0v) is 20.5. The number of rotatable bonds is 11. The molecular formula is C27H28N2O6S. The third-order valence-electron chi connectivity index (χ3n) is 5.47. The smallest absolute Gasteiger partial charge is 0.328 e. The van der Waals surface area contributed by atoms with Crippen LogP contribution in [0.25, 0.3) is 0 Å². The Morgan fingerprint density at radius 3 is 2.00 bits per heavy atom. The summed E-state index contributed by atoms with van der Waals surface area (Å²) in [5, 5.41) is 16.1. The maximum atomic E-state index is 13.0. The van der Waals surface area contributed by atoms with E-state index in [0.717, 1.165) is 0 Å². The van der Waals surface area contributed by atoms with E-state index in [1.54, 1.807) is 91.0 Å². The van der Waals surface area contributed by atoms with Crippen LogP contribution in [-0.2, 0) is 25.1 Å². The second-order valence-electron chi connectivity index (χ2n) is 7.91. The van der Waals surface area contributed by atoms with E-state index >= 15 is 0 Å². The molecule has 3 aromatic rings. The van der Waals surface area contributed by atoms with Crippen molar-refractivity contribution in [2.75, 3.05) is 12.9 Å². The number of ether oxygens (including phenoxy) is 1. The summed E-state index contributed by atoms with van der Waals surface area (Å²) in [6.45, 7) is 0. The number of carbonyl (C=O) groups is 3. The summed E-state index contributed by atoms with van der Waals surface area (Å²) in [7, 11) is -0.215. The second-order valence-corrected chi connectivity index (χ2v) is 9.48. The van der Waals surface area contributed by atoms with Gasteiger partial charge in [-0.2, -0.15) is 0 Å². The molecular weight excluding hydrogens is 480 g/mol. The lowest BCUT2D eigenvalue weighted by atomic mass is 9.99. The minimum atomic E-state index is -1.72. The average molecular weight is 509 g/mol. The molecule has 0 spiro atoms. The lowest BCUT2D eigenvalue weighted by molar-refractivity contribution is -0.146. The number of hydrogen-bond acceptors (Lipinski definition) is 6. The molecule has 3 aromatic carbocycles. The van der Waals surface area contributed by atoms with E-state index in [2.05, 4.69) is 10.6 Å². The summed E-state index contributed by atoms with van der Waals surface area (Å²) in [4.78, 5) is 38.7. The van der Waals surface area contributed by atoms with Gasteiger partial charge in [0.15, 0.2) is 6.10 Å². The third kappa shape index (κ3) is 7.34. The van der Waals surface area contributed by atoms with Crippen molar-refractivity contribution in [3.63, 3.8) is 0 Å². The van der Waals surface area contributed by atoms with Gasteiger partial charge < -0.3 is 20.5 Å². The highest BCUT2D eigenvalue weighted by atomic mass is 32.2. The predicted octanol–water partition coefficient (Wildman–Crippen LogP) is 2.37. The summed E-state index contributed by atoms with van der Waals surface area (Å²) in [5.74, 6) is -1.99. The van der Waals surface area contributed by atoms with E-state index in [0.29, 0.717) is 16.0 Å². The van der Waals surface area contributed by atoms with Crippen LogP contribution in [-0.4, -0.2) is 52.1 Å². The fourth-order valence-electron chi connectivity index (χ4n) is 3.53. The largest absolute Gasteiger partial charge is 0.467 e. The molecule has 0 radical (unpaired) electrons. The van der Waals surface area contributed by atoms with Crippen molar-refractivity contribution in [3.05, 3.63) is 102 Å². The fourth-order valence-corrected chi connectivity index (χ4v) is 4.68. The van der Waals surface area contributed by atoms with Crippen LogP contribution in [0.2, 0.25) is 0 Å². The second kappa shape index (κ2) is 13.3. The molecule has 188 valence electrons. The highest BCUT2D eigenvalue weighted by molar-refractivity contribution is 7.85. The Labute approximate surface area is 212 Å². The van der Waals surface area contributed by atoms with Crippen molar-refractivity contribution in [3.8, 4) is 0 Å². The van der Waals surface area contributed by atoms with Gasteiger partial charge >= 0.3 is 5.97 Å². The Kier molecular flexibility index (Phi) is 9.91. The van der Waals surface area contributed by atoms with E-state index in [1.165, 1.54) is 7.11 Å². The van der Waals surface area contributed by atoms with Crippen LogP contribution in [0.1, 0.15) is 28.4 Å². The van der Waals surface area contributed by atoms with E-state index < -0.39 is 46.8 Å². The molecule has 0 aliphatic carbocycles. The molecule has 0 aliphatic rings. The monoisotopic (exact) mass is 508 g/mol. The van der Waals surface area contributed by atoms with Crippen molar-refractivity contribution in [1.82, 2.24) is 10.6 Å². The maximum absolute atomic E-state index is 13.0. The molecule has 36 heavy (non-hydrogen) atoms. The number of esters is 1. The first kappa shape index (κ1) is 26.8. The van der Waals surface area contributed by atoms with Crippen LogP contribution in [0.3, 0.4) is 0 Å². The number of aliphatic hydroxyl groups excluding tert-OH is 1. The first-order valence-corrected chi connectivity index (χ1v) is 12.6. The Morgan fingerprint density at radius 1 is 0.861 bits per heavy atom. The van der Waals surface area contributed by atoms with Crippen molar-refractivity contribution >= 4 is 28.6 Å². The summed E-state index contributed by atoms with van der Waals surface area (Å²) < 4.78 is 17.4. The van der Waals surface area contributed by atoms with Crippen LogP contribution >= 0.6 is 0 Å². The van der Waals surface area contributed by atoms with Gasteiger partial charge in [-0.15, -0.1) is 0 Å². The van der Waals surface area contributed by atoms with Crippen molar-refractivity contribution in [2.24, 2.45) is 0 Å². The number of carbonyl (C=O) groups excluding carboxylic acids is 3. The first-order chi connectivity index (χ1) is 17.4. The number of amides is 2. The lowest BCUT2D eigenvalue weighted by Gasteiger charge is -2.26. The Morgan fingerprint density at radius 2 is 1.42 bits per heavy atom. The number of aliphatic hydroxyl groups is 1. The molecule has 0 heterocycles. The Bertz CT molecular complexity index is 1170. The highest BCUT2D eigenvalue weighted by Crippen LogP contribution is 2.19. The standard InChI is InChI=1S/C27H28N2O6S/c1-35-27(33)22(17-18-36(34)21-15-9-4-10-16-21)28-26(32)24(30)23(19-11-5-2-6-12-19)29-25(31)20-13-7-3-8-14-20/h2-16,22-24,30H,17-18H2,1H3,(H,28,32)(H,29,31)/t22-,23-,24+,36+/m0/s1. The normalized spacial score (nSPS) is 14.1. The number of benzene rings is 3. The molecule has 0 fully saturated rings. The SMILES string of the molecule is COC(=O)[C@H](CC[S@@](=O)c1ccccc1)NC(=O)[C@H](O)[C@@H](NC(=O)c1ccccc1)c1ccccc1. The van der Waals surface area contributed by atoms with Gasteiger partial charge in [-0.25, -0.2) is 4.79 Å². The predicted molar refractivity (Wildman–Crippen MR) is 135 cm³/mol. The molecule has 0 aromatic heterocycles. The van der Waals surface area contributed by atoms with Crippen molar-refractivity contribution in [1.29, 1.82) is 0 Å². The quantitative estimate of drug-likeness (QED) is 0.342. The lowest BCUT2D eigenvalue weighted by Crippen LogP contribution is -2.50. The number of hydrogen-bond donors (Lipinski definition) is 3. The van der Waals surface area contributed by atoms with Gasteiger partial charge in [0, 0.05) is 16.2 Å². The van der Waals surface area contributed by atoms with Crippen LogP contribution < -0.4 is 10.6 Å². The van der Waals surface area contributed by atoms with Crippen molar-refractivity contribution < 1.29 is 28.4 Å². The highest BCUT2D eigenvalue weighted by Gasteiger charge is 2.32. The third-order valence-corrected chi connectivity index (χ3v) is 6.87. The molecule has 3 rings (SSSR count). The molecule has 0 bridgehead atoms. The minimum absolute atomic E-state index is 0.0268. The summed E-state index contributed by atoms with van der Waals surface area (Å²) in [6.07, 6.45) is -1.69. The van der Waals surface area contributed by atoms with Gasteiger partial charge in [0.05, 0.1) is 24.0 Å². The van der Waals surface area contributed by atoms with E-state index in [9.17, 15) is 23.7 Å². The number of nitrogens with one attached hydrogen (secondary N) is 2. The molecule has 2 amide bonds. The Hall–Kier alpha value is -3.82. The van der Waals surface area contributed by atoms with Gasteiger partial charge in [0.25, 0.3) is 11.8 Å². The molecule has 9 heteroatoms. The van der Waals surface area contributed by atoms with Gasteiger partial charge in [-0.1, -0.05) is 66.7 Å². The molecule has 0 saturated carbocycles. The fraction of sp³-hybridized carbons (Fsp3) is 0.222.